The zero-order valence-corrected chi connectivity index (χ0v) is 7.13. The van der Waals surface area contributed by atoms with Gasteiger partial charge in [0.2, 0.25) is 0 Å². The Kier molecular flexibility index (Phi) is 3.83. The second-order valence-corrected chi connectivity index (χ2v) is 2.55. The molecule has 1 unspecified atom stereocenters. The van der Waals surface area contributed by atoms with Crippen LogP contribution in [0.3, 0.4) is 0 Å². The van der Waals surface area contributed by atoms with Crippen molar-refractivity contribution < 1.29 is 14.2 Å². The molecule has 0 N–H and O–H groups in total. The Morgan fingerprint density at radius 2 is 2.36 bits per heavy atom. The monoisotopic (exact) mass is 159 g/mol. The van der Waals surface area contributed by atoms with Crippen molar-refractivity contribution in [2.45, 2.75) is 25.9 Å². The third kappa shape index (κ3) is 3.18. The van der Waals surface area contributed by atoms with E-state index >= 15 is 0 Å². The van der Waals surface area contributed by atoms with Crippen molar-refractivity contribution in [1.82, 2.24) is 0 Å². The molecule has 1 rings (SSSR count). The predicted octanol–water partition coefficient (Wildman–Crippen LogP) is 1.34. The van der Waals surface area contributed by atoms with Gasteiger partial charge in [-0.25, -0.2) is 0 Å². The van der Waals surface area contributed by atoms with Crippen LogP contribution in [0, 0.1) is 6.29 Å². The third-order valence-corrected chi connectivity index (χ3v) is 1.54. The van der Waals surface area contributed by atoms with Gasteiger partial charge in [-0.3, -0.25) is 0 Å². The van der Waals surface area contributed by atoms with E-state index in [2.05, 4.69) is 6.92 Å². The molecule has 11 heavy (non-hydrogen) atoms. The maximum Gasteiger partial charge on any atom is 0.255 e. The smallest absolute Gasteiger partial charge is 0.255 e. The van der Waals surface area contributed by atoms with Crippen molar-refractivity contribution in [3.63, 3.8) is 0 Å². The Labute approximate surface area is 67.6 Å². The summed E-state index contributed by atoms with van der Waals surface area (Å²) in [4.78, 5) is 0. The Morgan fingerprint density at radius 1 is 1.64 bits per heavy atom. The maximum atomic E-state index is 5.33. The summed E-state index contributed by atoms with van der Waals surface area (Å²) in [5.41, 5.74) is 0. The second kappa shape index (κ2) is 4.70. The van der Waals surface area contributed by atoms with Crippen LogP contribution >= 0.6 is 0 Å². The summed E-state index contributed by atoms with van der Waals surface area (Å²) < 4.78 is 15.3. The van der Waals surface area contributed by atoms with Gasteiger partial charge in [0.25, 0.3) is 6.29 Å². The molecular weight excluding hydrogens is 144 g/mol. The van der Waals surface area contributed by atoms with Crippen molar-refractivity contribution in [2.24, 2.45) is 0 Å². The normalized spacial score (nSPS) is 22.6. The van der Waals surface area contributed by atoms with Crippen LogP contribution in [-0.2, 0) is 14.2 Å². The molecule has 1 atom stereocenters. The molecule has 0 aromatic heterocycles. The van der Waals surface area contributed by atoms with E-state index in [4.69, 9.17) is 14.2 Å². The quantitative estimate of drug-likeness (QED) is 0.433. The molecule has 1 saturated heterocycles. The lowest BCUT2D eigenvalue weighted by Gasteiger charge is -2.10. The van der Waals surface area contributed by atoms with E-state index in [1.54, 1.807) is 7.11 Å². The minimum atomic E-state index is 0.108. The zero-order valence-electron chi connectivity index (χ0n) is 7.13. The molecule has 0 aromatic rings. The van der Waals surface area contributed by atoms with E-state index < -0.39 is 0 Å². The Hall–Kier alpha value is -0.120. The Bertz CT molecular complexity index is 102. The number of hydrogen-bond donors (Lipinski definition) is 0. The predicted molar refractivity (Wildman–Crippen MR) is 40.9 cm³/mol. The van der Waals surface area contributed by atoms with Gasteiger partial charge < -0.3 is 14.2 Å². The molecular formula is C8H15O3. The molecule has 0 saturated carbocycles. The number of ether oxygens (including phenoxy) is 3. The fraction of sp³-hybridized carbons (Fsp3) is 0.875. The molecule has 1 aliphatic rings. The Balaban J connectivity index is 2.01. The molecule has 0 aliphatic carbocycles. The van der Waals surface area contributed by atoms with Crippen molar-refractivity contribution in [3.05, 3.63) is 6.29 Å². The van der Waals surface area contributed by atoms with E-state index in [-0.39, 0.29) is 6.10 Å². The minimum Gasteiger partial charge on any atom is -0.367 e. The van der Waals surface area contributed by atoms with Gasteiger partial charge >= 0.3 is 0 Å². The number of hydrogen-bond acceptors (Lipinski definition) is 3. The van der Waals surface area contributed by atoms with E-state index in [1.807, 2.05) is 0 Å². The van der Waals surface area contributed by atoms with Gasteiger partial charge in [0.1, 0.15) is 6.10 Å². The van der Waals surface area contributed by atoms with Crippen LogP contribution in [0.4, 0.5) is 0 Å². The number of rotatable bonds is 6. The van der Waals surface area contributed by atoms with E-state index in [9.17, 15) is 0 Å². The summed E-state index contributed by atoms with van der Waals surface area (Å²) in [7, 11) is 1.61. The summed E-state index contributed by atoms with van der Waals surface area (Å²) in [5.74, 6) is 0. The van der Waals surface area contributed by atoms with Gasteiger partial charge in [0.05, 0.1) is 13.2 Å². The van der Waals surface area contributed by atoms with Gasteiger partial charge in [-0.2, -0.15) is 0 Å². The van der Waals surface area contributed by atoms with Crippen LogP contribution < -0.4 is 0 Å². The van der Waals surface area contributed by atoms with Crippen LogP contribution in [0.5, 0.6) is 0 Å². The molecule has 1 radical (unpaired) electrons. The van der Waals surface area contributed by atoms with Crippen LogP contribution in [0.15, 0.2) is 0 Å². The standard InChI is InChI=1S/C8H15O3/c1-3-4-5-10-8(9-2)7-6-11-7/h7H,3-6H2,1-2H3. The molecule has 1 aliphatic heterocycles. The summed E-state index contributed by atoms with van der Waals surface area (Å²) >= 11 is 0. The van der Waals surface area contributed by atoms with Crippen molar-refractivity contribution >= 4 is 0 Å². The lowest BCUT2D eigenvalue weighted by molar-refractivity contribution is -0.0388. The molecule has 1 fully saturated rings. The first kappa shape index (κ1) is 8.97. The highest BCUT2D eigenvalue weighted by Crippen LogP contribution is 2.23. The maximum absolute atomic E-state index is 5.33. The van der Waals surface area contributed by atoms with Gasteiger partial charge in [0, 0.05) is 7.11 Å². The second-order valence-electron chi connectivity index (χ2n) is 2.55. The number of unbranched alkanes of at least 4 members (excludes halogenated alkanes) is 1. The minimum absolute atomic E-state index is 0.108. The zero-order chi connectivity index (χ0) is 8.10. The molecule has 0 spiro atoms. The number of methoxy groups -OCH3 is 1. The van der Waals surface area contributed by atoms with Gasteiger partial charge in [0.15, 0.2) is 0 Å². The lowest BCUT2D eigenvalue weighted by atomic mass is 10.3. The van der Waals surface area contributed by atoms with Crippen LogP contribution in [0.2, 0.25) is 0 Å². The largest absolute Gasteiger partial charge is 0.367 e. The molecule has 65 valence electrons. The van der Waals surface area contributed by atoms with Gasteiger partial charge in [-0.15, -0.1) is 0 Å². The van der Waals surface area contributed by atoms with E-state index in [0.717, 1.165) is 26.1 Å². The van der Waals surface area contributed by atoms with Gasteiger partial charge in [-0.1, -0.05) is 13.3 Å². The first-order chi connectivity index (χ1) is 5.38. The highest BCUT2D eigenvalue weighted by molar-refractivity contribution is 4.87. The average Bonchev–Trinajstić information content (AvgIpc) is 2.81. The topological polar surface area (TPSA) is 31.0 Å². The lowest BCUT2D eigenvalue weighted by Crippen LogP contribution is -2.13. The highest BCUT2D eigenvalue weighted by atomic mass is 16.7. The highest BCUT2D eigenvalue weighted by Gasteiger charge is 2.35. The third-order valence-electron chi connectivity index (χ3n) is 1.54. The fourth-order valence-electron chi connectivity index (χ4n) is 0.785. The summed E-state index contributed by atoms with van der Waals surface area (Å²) in [6.07, 6.45) is 2.96. The van der Waals surface area contributed by atoms with Crippen LogP contribution in [0.1, 0.15) is 19.8 Å². The first-order valence-corrected chi connectivity index (χ1v) is 4.03. The van der Waals surface area contributed by atoms with E-state index in [1.165, 1.54) is 0 Å². The number of epoxide rings is 1. The van der Waals surface area contributed by atoms with Crippen LogP contribution in [0.25, 0.3) is 0 Å². The summed E-state index contributed by atoms with van der Waals surface area (Å²) in [6.45, 7) is 3.61. The molecule has 1 heterocycles. The SMILES string of the molecule is CCCCO[C](OC)C1CO1. The van der Waals surface area contributed by atoms with E-state index in [0.29, 0.717) is 6.29 Å². The average molecular weight is 159 g/mol. The van der Waals surface area contributed by atoms with Crippen molar-refractivity contribution in [2.75, 3.05) is 20.3 Å². The molecule has 3 nitrogen and oxygen atoms in total. The molecule has 0 aromatic carbocycles. The van der Waals surface area contributed by atoms with Gasteiger partial charge in [-0.05, 0) is 6.42 Å². The fourth-order valence-corrected chi connectivity index (χ4v) is 0.785. The molecule has 3 heteroatoms. The summed E-state index contributed by atoms with van der Waals surface area (Å²) in [5, 5.41) is 0. The van der Waals surface area contributed by atoms with Crippen LogP contribution in [-0.4, -0.2) is 26.4 Å². The molecule has 0 bridgehead atoms. The first-order valence-electron chi connectivity index (χ1n) is 4.03. The van der Waals surface area contributed by atoms with Crippen molar-refractivity contribution in [1.29, 1.82) is 0 Å². The Morgan fingerprint density at radius 3 is 2.82 bits per heavy atom. The molecule has 0 amide bonds. The summed E-state index contributed by atoms with van der Waals surface area (Å²) in [6, 6.07) is 0. The van der Waals surface area contributed by atoms with Crippen molar-refractivity contribution in [3.8, 4) is 0 Å².